The lowest BCUT2D eigenvalue weighted by molar-refractivity contribution is -0.384. The zero-order valence-corrected chi connectivity index (χ0v) is 21.7. The van der Waals surface area contributed by atoms with Gasteiger partial charge in [-0.3, -0.25) is 10.1 Å². The fourth-order valence-electron chi connectivity index (χ4n) is 5.09. The summed E-state index contributed by atoms with van der Waals surface area (Å²) in [6, 6.07) is 18.8. The Balaban J connectivity index is 1.82. The number of nitrogens with zero attached hydrogens (tertiary/aromatic N) is 7. The molecule has 2 aliphatic heterocycles. The fourth-order valence-corrected chi connectivity index (χ4v) is 9.05. The van der Waals surface area contributed by atoms with Crippen molar-refractivity contribution in [3.63, 3.8) is 0 Å². The molecule has 2 aromatic carbocycles. The molecule has 1 aromatic heterocycles. The van der Waals surface area contributed by atoms with Crippen molar-refractivity contribution in [2.24, 2.45) is 9.85 Å². The van der Waals surface area contributed by atoms with E-state index in [1.54, 1.807) is 12.1 Å². The highest BCUT2D eigenvalue weighted by Gasteiger charge is 2.44. The minimum atomic E-state index is -2.75. The molecule has 11 heteroatoms. The van der Waals surface area contributed by atoms with Gasteiger partial charge in [-0.2, -0.15) is 10.4 Å². The topological polar surface area (TPSA) is 112 Å². The molecule has 0 N–H and O–H groups in total. The first kappa shape index (κ1) is 24.9. The summed E-state index contributed by atoms with van der Waals surface area (Å²) >= 11 is 0. The van der Waals surface area contributed by atoms with Gasteiger partial charge in [-0.15, -0.1) is 0 Å². The van der Waals surface area contributed by atoms with E-state index in [0.717, 1.165) is 27.9 Å². The smallest absolute Gasteiger partial charge is 0.269 e. The van der Waals surface area contributed by atoms with E-state index in [-0.39, 0.29) is 5.69 Å². The number of benzene rings is 2. The molecule has 1 unspecified atom stereocenters. The van der Waals surface area contributed by atoms with Crippen LogP contribution in [0.1, 0.15) is 23.4 Å². The molecule has 2 aliphatic rings. The van der Waals surface area contributed by atoms with Gasteiger partial charge in [0.15, 0.2) is 7.36 Å². The molecular weight excluding hydrogens is 489 g/mol. The molecular formula is C26H28N7O3P. The second-order valence-electron chi connectivity index (χ2n) is 8.86. The summed E-state index contributed by atoms with van der Waals surface area (Å²) in [7, 11) is -2.75. The first-order chi connectivity index (χ1) is 18.0. The number of non-ortho nitro benzene ring substituents is 1. The van der Waals surface area contributed by atoms with Gasteiger partial charge >= 0.3 is 0 Å². The molecule has 0 spiro atoms. The van der Waals surface area contributed by atoms with Crippen LogP contribution in [0.15, 0.2) is 64.4 Å². The predicted molar refractivity (Wildman–Crippen MR) is 144 cm³/mol. The summed E-state index contributed by atoms with van der Waals surface area (Å²) in [6.07, 6.45) is 2.19. The fraction of sp³-hybridized carbons (Fsp3) is 0.308. The number of hydrogen-bond acceptors (Lipinski definition) is 6. The van der Waals surface area contributed by atoms with Crippen LogP contribution < -0.4 is 5.30 Å². The molecule has 0 aliphatic carbocycles. The lowest BCUT2D eigenvalue weighted by Gasteiger charge is -2.45. The van der Waals surface area contributed by atoms with Crippen molar-refractivity contribution in [1.82, 2.24) is 14.0 Å². The van der Waals surface area contributed by atoms with E-state index in [4.69, 9.17) is 14.6 Å². The van der Waals surface area contributed by atoms with E-state index < -0.39 is 12.3 Å². The molecule has 1 fully saturated rings. The van der Waals surface area contributed by atoms with Crippen LogP contribution in [0, 0.1) is 35.3 Å². The highest BCUT2D eigenvalue weighted by molar-refractivity contribution is 7.70. The van der Waals surface area contributed by atoms with Crippen LogP contribution in [-0.2, 0) is 4.74 Å². The van der Waals surface area contributed by atoms with Gasteiger partial charge in [-0.05, 0) is 38.1 Å². The number of nitro groups is 1. The number of rotatable bonds is 6. The lowest BCUT2D eigenvalue weighted by Crippen LogP contribution is -2.44. The normalized spacial score (nSPS) is 19.3. The van der Waals surface area contributed by atoms with Crippen LogP contribution in [0.5, 0.6) is 0 Å². The van der Waals surface area contributed by atoms with Gasteiger partial charge in [0, 0.05) is 47.9 Å². The van der Waals surface area contributed by atoms with Gasteiger partial charge in [0.05, 0.1) is 54.4 Å². The van der Waals surface area contributed by atoms with Crippen LogP contribution >= 0.6 is 7.36 Å². The molecule has 0 bridgehead atoms. The number of nitro benzene ring substituents is 1. The number of para-hydroxylation sites is 1. The molecule has 0 amide bonds. The van der Waals surface area contributed by atoms with E-state index in [2.05, 4.69) is 41.3 Å². The molecule has 0 saturated carbocycles. The van der Waals surface area contributed by atoms with Crippen LogP contribution in [0.4, 0.5) is 11.4 Å². The molecule has 37 heavy (non-hydrogen) atoms. The molecule has 3 heterocycles. The molecule has 190 valence electrons. The average molecular weight is 518 g/mol. The maximum atomic E-state index is 11.3. The Hall–Kier alpha value is -3.77. The number of morpholine rings is 1. The van der Waals surface area contributed by atoms with Crippen molar-refractivity contribution in [2.75, 3.05) is 32.8 Å². The Bertz CT molecular complexity index is 1440. The van der Waals surface area contributed by atoms with Gasteiger partial charge in [-0.1, -0.05) is 18.2 Å². The van der Waals surface area contributed by atoms with Gasteiger partial charge < -0.3 is 9.30 Å². The Kier molecular flexibility index (Phi) is 6.94. The Morgan fingerprint density at radius 1 is 1.11 bits per heavy atom. The average Bonchev–Trinajstić information content (AvgIpc) is 3.19. The summed E-state index contributed by atoms with van der Waals surface area (Å²) in [5, 5.41) is 26.7. The third-order valence-electron chi connectivity index (χ3n) is 6.74. The Morgan fingerprint density at radius 2 is 1.81 bits per heavy atom. The summed E-state index contributed by atoms with van der Waals surface area (Å²) in [4.78, 5) is 10.9. The maximum Gasteiger partial charge on any atom is 0.269 e. The van der Waals surface area contributed by atoms with Gasteiger partial charge in [0.1, 0.15) is 0 Å². The molecule has 1 atom stereocenters. The molecule has 3 aromatic rings. The lowest BCUT2D eigenvalue weighted by atomic mass is 10.2. The van der Waals surface area contributed by atoms with Gasteiger partial charge in [0.25, 0.3) is 5.69 Å². The predicted octanol–water partition coefficient (Wildman–Crippen LogP) is 4.89. The number of fused-ring (bicyclic) bond motifs is 1. The quantitative estimate of drug-likeness (QED) is 0.262. The minimum absolute atomic E-state index is 0.0173. The van der Waals surface area contributed by atoms with Crippen molar-refractivity contribution < 1.29 is 9.66 Å². The molecule has 10 nitrogen and oxygen atoms in total. The first-order valence-electron chi connectivity index (χ1n) is 12.1. The summed E-state index contributed by atoms with van der Waals surface area (Å²) in [5.41, 5.74) is 4.87. The number of hydrazone groups is 1. The molecule has 1 saturated heterocycles. The number of ether oxygens (including phenoxy) is 1. The van der Waals surface area contributed by atoms with Crippen molar-refractivity contribution >= 4 is 30.2 Å². The first-order valence-corrected chi connectivity index (χ1v) is 13.8. The second-order valence-corrected chi connectivity index (χ2v) is 11.7. The third kappa shape index (κ3) is 4.36. The number of nitriles is 1. The Labute approximate surface area is 215 Å². The van der Waals surface area contributed by atoms with Crippen molar-refractivity contribution in [3.05, 3.63) is 81.7 Å². The summed E-state index contributed by atoms with van der Waals surface area (Å²) in [5.74, 6) is 0. The summed E-state index contributed by atoms with van der Waals surface area (Å²) < 4.78 is 17.7. The van der Waals surface area contributed by atoms with E-state index in [1.165, 1.54) is 12.1 Å². The highest BCUT2D eigenvalue weighted by atomic mass is 31.2. The summed E-state index contributed by atoms with van der Waals surface area (Å²) in [6.45, 7) is 7.09. The minimum Gasteiger partial charge on any atom is -0.379 e. The van der Waals surface area contributed by atoms with Crippen molar-refractivity contribution in [2.45, 2.75) is 20.3 Å². The zero-order chi connectivity index (χ0) is 26.0. The van der Waals surface area contributed by atoms with E-state index in [0.29, 0.717) is 45.0 Å². The van der Waals surface area contributed by atoms with Crippen LogP contribution in [-0.4, -0.2) is 58.0 Å². The molecule has 5 rings (SSSR count). The number of hydrogen-bond donors (Lipinski definition) is 0. The van der Waals surface area contributed by atoms with Crippen LogP contribution in [0.2, 0.25) is 0 Å². The van der Waals surface area contributed by atoms with Crippen molar-refractivity contribution in [3.8, 4) is 11.8 Å². The second kappa shape index (κ2) is 10.3. The highest BCUT2D eigenvalue weighted by Crippen LogP contribution is 2.61. The molecule has 0 radical (unpaired) electrons. The Morgan fingerprint density at radius 3 is 2.46 bits per heavy atom. The SMILES string of the molecule is Cc1c2c(c(C)n1-c1ccccc1)P(=Nc1ccc([N+](=O)[O-])cc1)(N1CCOCC1)N(CCC#N)N=C2. The van der Waals surface area contributed by atoms with E-state index >= 15 is 0 Å². The standard InChI is InChI=1S/C26H28N7O3P/c1-20-25-19-28-31(14-6-13-27)37(30-15-17-36-18-16-30,29-22-9-11-24(12-10-22)33(34)35)26(25)21(2)32(20)23-7-4-3-5-8-23/h3-5,7-12,19H,6,14-18H2,1-2H3. The third-order valence-corrected chi connectivity index (χ3v) is 10.5. The maximum absolute atomic E-state index is 11.3. The largest absolute Gasteiger partial charge is 0.379 e. The monoisotopic (exact) mass is 517 g/mol. The van der Waals surface area contributed by atoms with Crippen LogP contribution in [0.3, 0.4) is 0 Å². The number of aromatic nitrogens is 1. The van der Waals surface area contributed by atoms with E-state index in [1.807, 2.05) is 29.2 Å². The van der Waals surface area contributed by atoms with Gasteiger partial charge in [-0.25, -0.2) is 14.2 Å². The van der Waals surface area contributed by atoms with Gasteiger partial charge in [0.2, 0.25) is 0 Å². The van der Waals surface area contributed by atoms with Crippen molar-refractivity contribution in [1.29, 1.82) is 5.26 Å². The zero-order valence-electron chi connectivity index (χ0n) is 20.8. The van der Waals surface area contributed by atoms with Crippen LogP contribution in [0.25, 0.3) is 5.69 Å². The van der Waals surface area contributed by atoms with E-state index in [9.17, 15) is 15.4 Å².